The third kappa shape index (κ3) is 3.32. The quantitative estimate of drug-likeness (QED) is 0.673. The Labute approximate surface area is 155 Å². The van der Waals surface area contributed by atoms with Crippen molar-refractivity contribution in [2.24, 2.45) is 0 Å². The fourth-order valence-electron chi connectivity index (χ4n) is 3.20. The predicted octanol–water partition coefficient (Wildman–Crippen LogP) is 5.61. The van der Waals surface area contributed by atoms with Crippen molar-refractivity contribution in [1.82, 2.24) is 4.98 Å². The molecule has 3 rings (SSSR count). The fourth-order valence-corrected chi connectivity index (χ4v) is 3.20. The van der Waals surface area contributed by atoms with Gasteiger partial charge in [0.2, 0.25) is 0 Å². The van der Waals surface area contributed by atoms with Gasteiger partial charge in [0.05, 0.1) is 5.69 Å². The summed E-state index contributed by atoms with van der Waals surface area (Å²) >= 11 is 0. The van der Waals surface area contributed by atoms with E-state index in [-0.39, 0.29) is 5.82 Å². The second-order valence-electron chi connectivity index (χ2n) is 7.02. The molecular weight excluding hydrogens is 318 g/mol. The Balaban J connectivity index is 2.18. The molecule has 0 unspecified atom stereocenters. The monoisotopic (exact) mass is 341 g/mol. The summed E-state index contributed by atoms with van der Waals surface area (Å²) in [7, 11) is 0. The third-order valence-corrected chi connectivity index (χ3v) is 4.71. The number of hydrogen-bond donors (Lipinski definition) is 1. The topological polar surface area (TPSA) is 62.7 Å². The minimum absolute atomic E-state index is 0.271. The van der Waals surface area contributed by atoms with Crippen molar-refractivity contribution in [2.75, 3.05) is 5.73 Å². The molecule has 0 amide bonds. The van der Waals surface area contributed by atoms with Crippen LogP contribution in [0.25, 0.3) is 22.4 Å². The van der Waals surface area contributed by atoms with E-state index < -0.39 is 0 Å². The summed E-state index contributed by atoms with van der Waals surface area (Å²) in [6, 6.07) is 18.8. The lowest BCUT2D eigenvalue weighted by Gasteiger charge is -2.13. The molecule has 3 heteroatoms. The van der Waals surface area contributed by atoms with Crippen molar-refractivity contribution >= 4 is 5.82 Å². The van der Waals surface area contributed by atoms with Gasteiger partial charge >= 0.3 is 0 Å². The number of aryl methyl sites for hydroxylation is 2. The summed E-state index contributed by atoms with van der Waals surface area (Å²) in [6.45, 7) is 8.46. The SMILES string of the molecule is Cc1ccc(-c2cc(-c3ccc(C(C)C)cc3)c(C#N)c(N)n2)c(C)c1. The third-order valence-electron chi connectivity index (χ3n) is 4.71. The number of nitrogens with two attached hydrogens (primary N) is 1. The molecule has 1 aromatic heterocycles. The van der Waals surface area contributed by atoms with E-state index in [2.05, 4.69) is 81.2 Å². The maximum atomic E-state index is 9.59. The van der Waals surface area contributed by atoms with E-state index in [0.29, 0.717) is 11.5 Å². The fraction of sp³-hybridized carbons (Fsp3) is 0.217. The van der Waals surface area contributed by atoms with Crippen LogP contribution in [-0.2, 0) is 0 Å². The van der Waals surface area contributed by atoms with Crippen LogP contribution in [0.15, 0.2) is 48.5 Å². The normalized spacial score (nSPS) is 10.8. The standard InChI is InChI=1S/C23H23N3/c1-14(2)17-6-8-18(9-7-17)20-12-22(26-23(25)21(20)13-24)19-10-5-15(3)11-16(19)4/h5-12,14H,1-4H3,(H2,25,26). The lowest BCUT2D eigenvalue weighted by Crippen LogP contribution is -2.00. The van der Waals surface area contributed by atoms with Crippen molar-refractivity contribution in [2.45, 2.75) is 33.6 Å². The molecule has 0 aliphatic rings. The van der Waals surface area contributed by atoms with Crippen LogP contribution in [0.1, 0.15) is 42.0 Å². The molecule has 3 aromatic rings. The van der Waals surface area contributed by atoms with E-state index in [0.717, 1.165) is 27.9 Å². The van der Waals surface area contributed by atoms with E-state index in [1.165, 1.54) is 11.1 Å². The van der Waals surface area contributed by atoms with Crippen molar-refractivity contribution in [3.63, 3.8) is 0 Å². The summed E-state index contributed by atoms with van der Waals surface area (Å²) < 4.78 is 0. The number of nitrogen functional groups attached to an aromatic ring is 1. The van der Waals surface area contributed by atoms with Gasteiger partial charge < -0.3 is 5.73 Å². The molecule has 26 heavy (non-hydrogen) atoms. The summed E-state index contributed by atoms with van der Waals surface area (Å²) in [5.41, 5.74) is 13.8. The molecule has 130 valence electrons. The maximum absolute atomic E-state index is 9.59. The highest BCUT2D eigenvalue weighted by Crippen LogP contribution is 2.33. The van der Waals surface area contributed by atoms with Crippen LogP contribution in [0.5, 0.6) is 0 Å². The largest absolute Gasteiger partial charge is 0.383 e. The highest BCUT2D eigenvalue weighted by Gasteiger charge is 2.14. The van der Waals surface area contributed by atoms with Gasteiger partial charge in [-0.1, -0.05) is 61.9 Å². The predicted molar refractivity (Wildman–Crippen MR) is 108 cm³/mol. The van der Waals surface area contributed by atoms with Crippen LogP contribution in [0.4, 0.5) is 5.82 Å². The summed E-state index contributed by atoms with van der Waals surface area (Å²) in [5, 5.41) is 9.59. The van der Waals surface area contributed by atoms with Crippen molar-refractivity contribution in [1.29, 1.82) is 5.26 Å². The van der Waals surface area contributed by atoms with E-state index in [4.69, 9.17) is 5.73 Å². The number of nitriles is 1. The Morgan fingerprint density at radius 3 is 2.23 bits per heavy atom. The van der Waals surface area contributed by atoms with Crippen LogP contribution in [-0.4, -0.2) is 4.98 Å². The highest BCUT2D eigenvalue weighted by molar-refractivity contribution is 5.81. The molecule has 0 fully saturated rings. The number of benzene rings is 2. The molecule has 0 bridgehead atoms. The lowest BCUT2D eigenvalue weighted by molar-refractivity contribution is 0.867. The average Bonchev–Trinajstić information content (AvgIpc) is 2.61. The van der Waals surface area contributed by atoms with Crippen LogP contribution in [0.2, 0.25) is 0 Å². The summed E-state index contributed by atoms with van der Waals surface area (Å²) in [5.74, 6) is 0.737. The molecule has 0 saturated carbocycles. The van der Waals surface area contributed by atoms with Crippen LogP contribution in [0.3, 0.4) is 0 Å². The number of aromatic nitrogens is 1. The van der Waals surface area contributed by atoms with Crippen LogP contribution < -0.4 is 5.73 Å². The molecule has 1 heterocycles. The van der Waals surface area contributed by atoms with Gasteiger partial charge in [0.25, 0.3) is 0 Å². The van der Waals surface area contributed by atoms with Crippen LogP contribution >= 0.6 is 0 Å². The van der Waals surface area contributed by atoms with Crippen molar-refractivity contribution < 1.29 is 0 Å². The van der Waals surface area contributed by atoms with E-state index in [1.807, 2.05) is 6.07 Å². The van der Waals surface area contributed by atoms with Gasteiger partial charge in [-0.2, -0.15) is 5.26 Å². The minimum Gasteiger partial charge on any atom is -0.383 e. The number of pyridine rings is 1. The van der Waals surface area contributed by atoms with Gasteiger partial charge in [-0.25, -0.2) is 4.98 Å². The lowest BCUT2D eigenvalue weighted by atomic mass is 9.94. The Bertz CT molecular complexity index is 993. The van der Waals surface area contributed by atoms with E-state index >= 15 is 0 Å². The Hall–Kier alpha value is -3.12. The highest BCUT2D eigenvalue weighted by atomic mass is 14.8. The zero-order chi connectivity index (χ0) is 18.8. The maximum Gasteiger partial charge on any atom is 0.142 e. The zero-order valence-electron chi connectivity index (χ0n) is 15.7. The molecule has 2 N–H and O–H groups in total. The summed E-state index contributed by atoms with van der Waals surface area (Å²) in [6.07, 6.45) is 0. The molecule has 0 aliphatic carbocycles. The van der Waals surface area contributed by atoms with Crippen molar-refractivity contribution in [3.8, 4) is 28.5 Å². The molecule has 0 spiro atoms. The zero-order valence-corrected chi connectivity index (χ0v) is 15.7. The Morgan fingerprint density at radius 1 is 0.962 bits per heavy atom. The number of nitrogens with zero attached hydrogens (tertiary/aromatic N) is 2. The molecule has 0 aliphatic heterocycles. The molecule has 0 radical (unpaired) electrons. The summed E-state index contributed by atoms with van der Waals surface area (Å²) in [4.78, 5) is 4.49. The van der Waals surface area contributed by atoms with Crippen LogP contribution in [0, 0.1) is 25.2 Å². The Kier molecular flexibility index (Phi) is 4.77. The average molecular weight is 341 g/mol. The van der Waals surface area contributed by atoms with Crippen molar-refractivity contribution in [3.05, 3.63) is 70.8 Å². The molecular formula is C23H23N3. The first-order valence-electron chi connectivity index (χ1n) is 8.79. The van der Waals surface area contributed by atoms with E-state index in [9.17, 15) is 5.26 Å². The second-order valence-corrected chi connectivity index (χ2v) is 7.02. The smallest absolute Gasteiger partial charge is 0.142 e. The van der Waals surface area contributed by atoms with Gasteiger partial charge in [-0.15, -0.1) is 0 Å². The second kappa shape index (κ2) is 7.01. The molecule has 3 nitrogen and oxygen atoms in total. The van der Waals surface area contributed by atoms with E-state index in [1.54, 1.807) is 0 Å². The first kappa shape index (κ1) is 17.7. The first-order valence-corrected chi connectivity index (χ1v) is 8.79. The number of anilines is 1. The number of rotatable bonds is 3. The van der Waals surface area contributed by atoms with Gasteiger partial charge in [-0.05, 0) is 42.5 Å². The first-order chi connectivity index (χ1) is 12.4. The van der Waals surface area contributed by atoms with Gasteiger partial charge in [0.15, 0.2) is 0 Å². The number of hydrogen-bond acceptors (Lipinski definition) is 3. The Morgan fingerprint density at radius 2 is 1.65 bits per heavy atom. The molecule has 2 aromatic carbocycles. The molecule has 0 saturated heterocycles. The van der Waals surface area contributed by atoms with Gasteiger partial charge in [0.1, 0.15) is 17.5 Å². The minimum atomic E-state index is 0.271. The van der Waals surface area contributed by atoms with Gasteiger partial charge in [-0.3, -0.25) is 0 Å². The molecule has 0 atom stereocenters. The van der Waals surface area contributed by atoms with Gasteiger partial charge in [0, 0.05) is 11.1 Å².